The van der Waals surface area contributed by atoms with Gasteiger partial charge >= 0.3 is 0 Å². The second-order valence-electron chi connectivity index (χ2n) is 6.16. The van der Waals surface area contributed by atoms with Crippen molar-refractivity contribution in [1.82, 2.24) is 5.32 Å². The lowest BCUT2D eigenvalue weighted by Crippen LogP contribution is -2.31. The third-order valence-electron chi connectivity index (χ3n) is 4.55. The van der Waals surface area contributed by atoms with Gasteiger partial charge in [0.25, 0.3) is 11.8 Å². The van der Waals surface area contributed by atoms with Crippen LogP contribution >= 0.6 is 0 Å². The number of aryl methyl sites for hydroxylation is 1. The van der Waals surface area contributed by atoms with Gasteiger partial charge in [0.2, 0.25) is 0 Å². The molecule has 2 aliphatic rings. The van der Waals surface area contributed by atoms with Crippen LogP contribution in [0.5, 0.6) is 5.75 Å². The van der Waals surface area contributed by atoms with Gasteiger partial charge in [0.05, 0.1) is 11.7 Å². The maximum atomic E-state index is 12.6. The fraction of sp³-hybridized carbons (Fsp3) is 0.263. The molecule has 0 fully saturated rings. The van der Waals surface area contributed by atoms with Gasteiger partial charge in [-0.3, -0.25) is 9.59 Å². The summed E-state index contributed by atoms with van der Waals surface area (Å²) in [5.74, 6) is 0.245. The number of hydrogen-bond donors (Lipinski definition) is 2. The summed E-state index contributed by atoms with van der Waals surface area (Å²) in [6, 6.07) is 13.4. The molecular formula is C19H18N2O3. The van der Waals surface area contributed by atoms with Crippen molar-refractivity contribution >= 4 is 17.5 Å². The Morgan fingerprint density at radius 3 is 3.00 bits per heavy atom. The summed E-state index contributed by atoms with van der Waals surface area (Å²) < 4.78 is 5.32. The molecule has 2 amide bonds. The molecule has 0 bridgehead atoms. The third-order valence-corrected chi connectivity index (χ3v) is 4.55. The van der Waals surface area contributed by atoms with Crippen LogP contribution in [-0.2, 0) is 11.2 Å². The molecule has 0 radical (unpaired) electrons. The highest BCUT2D eigenvalue weighted by Gasteiger charge is 2.23. The predicted molar refractivity (Wildman–Crippen MR) is 90.2 cm³/mol. The average molecular weight is 322 g/mol. The van der Waals surface area contributed by atoms with E-state index < -0.39 is 0 Å². The number of carbonyl (C=O) groups excluding carboxylic acids is 2. The zero-order valence-electron chi connectivity index (χ0n) is 13.2. The van der Waals surface area contributed by atoms with Crippen molar-refractivity contribution in [2.75, 3.05) is 11.9 Å². The Labute approximate surface area is 140 Å². The van der Waals surface area contributed by atoms with Crippen molar-refractivity contribution in [3.8, 4) is 5.75 Å². The summed E-state index contributed by atoms with van der Waals surface area (Å²) in [6.07, 6.45) is 3.06. The Morgan fingerprint density at radius 1 is 1.21 bits per heavy atom. The van der Waals surface area contributed by atoms with Gasteiger partial charge in [0.15, 0.2) is 6.61 Å². The van der Waals surface area contributed by atoms with Crippen LogP contribution < -0.4 is 15.4 Å². The lowest BCUT2D eigenvalue weighted by molar-refractivity contribution is -0.118. The predicted octanol–water partition coefficient (Wildman–Crippen LogP) is 2.82. The molecule has 2 aromatic carbocycles. The van der Waals surface area contributed by atoms with Crippen molar-refractivity contribution in [1.29, 1.82) is 0 Å². The molecule has 0 spiro atoms. The molecule has 24 heavy (non-hydrogen) atoms. The molecule has 1 heterocycles. The van der Waals surface area contributed by atoms with Crippen LogP contribution in [0.1, 0.15) is 40.4 Å². The second kappa shape index (κ2) is 6.00. The maximum Gasteiger partial charge on any atom is 0.262 e. The first-order valence-electron chi connectivity index (χ1n) is 8.16. The summed E-state index contributed by atoms with van der Waals surface area (Å²) in [5, 5.41) is 5.85. The number of rotatable bonds is 2. The Bertz CT molecular complexity index is 816. The van der Waals surface area contributed by atoms with Crippen molar-refractivity contribution in [2.24, 2.45) is 0 Å². The van der Waals surface area contributed by atoms with Crippen LogP contribution in [0.2, 0.25) is 0 Å². The fourth-order valence-electron chi connectivity index (χ4n) is 3.37. The summed E-state index contributed by atoms with van der Waals surface area (Å²) in [6.45, 7) is 0.0113. The molecule has 2 N–H and O–H groups in total. The van der Waals surface area contributed by atoms with E-state index in [2.05, 4.69) is 22.8 Å². The van der Waals surface area contributed by atoms with Crippen molar-refractivity contribution in [2.45, 2.75) is 25.3 Å². The first-order chi connectivity index (χ1) is 11.7. The highest BCUT2D eigenvalue weighted by Crippen LogP contribution is 2.31. The SMILES string of the molecule is O=C1COc2ccc(C(=O)NC3CCCc4ccccc43)cc2N1. The van der Waals surface area contributed by atoms with Gasteiger partial charge in [-0.1, -0.05) is 24.3 Å². The van der Waals surface area contributed by atoms with Crippen LogP contribution in [0.25, 0.3) is 0 Å². The Balaban J connectivity index is 1.55. The topological polar surface area (TPSA) is 67.4 Å². The molecule has 5 heteroatoms. The van der Waals surface area contributed by atoms with Gasteiger partial charge in [-0.15, -0.1) is 0 Å². The van der Waals surface area contributed by atoms with E-state index in [1.165, 1.54) is 11.1 Å². The molecule has 1 atom stereocenters. The van der Waals surface area contributed by atoms with Crippen LogP contribution in [-0.4, -0.2) is 18.4 Å². The van der Waals surface area contributed by atoms with Gasteiger partial charge in [0, 0.05) is 5.56 Å². The molecule has 122 valence electrons. The van der Waals surface area contributed by atoms with E-state index in [4.69, 9.17) is 4.74 Å². The van der Waals surface area contributed by atoms with Crippen molar-refractivity contribution in [3.05, 3.63) is 59.2 Å². The van der Waals surface area contributed by atoms with E-state index in [-0.39, 0.29) is 24.5 Å². The Kier molecular flexibility index (Phi) is 3.69. The van der Waals surface area contributed by atoms with E-state index in [9.17, 15) is 9.59 Å². The van der Waals surface area contributed by atoms with Gasteiger partial charge in [0.1, 0.15) is 5.75 Å². The van der Waals surface area contributed by atoms with Crippen molar-refractivity contribution in [3.63, 3.8) is 0 Å². The van der Waals surface area contributed by atoms with Crippen LogP contribution in [0.15, 0.2) is 42.5 Å². The number of carbonyl (C=O) groups is 2. The zero-order chi connectivity index (χ0) is 16.5. The normalized spacial score (nSPS) is 18.7. The van der Waals surface area contributed by atoms with Crippen molar-refractivity contribution < 1.29 is 14.3 Å². The monoisotopic (exact) mass is 322 g/mol. The third kappa shape index (κ3) is 2.73. The quantitative estimate of drug-likeness (QED) is 0.893. The second-order valence-corrected chi connectivity index (χ2v) is 6.16. The van der Waals surface area contributed by atoms with E-state index >= 15 is 0 Å². The summed E-state index contributed by atoms with van der Waals surface area (Å²) in [4.78, 5) is 24.0. The van der Waals surface area contributed by atoms with Gasteiger partial charge in [-0.05, 0) is 48.6 Å². The lowest BCUT2D eigenvalue weighted by atomic mass is 9.87. The molecule has 0 saturated carbocycles. The van der Waals surface area contributed by atoms with Gasteiger partial charge in [-0.2, -0.15) is 0 Å². The lowest BCUT2D eigenvalue weighted by Gasteiger charge is -2.26. The fourth-order valence-corrected chi connectivity index (χ4v) is 3.37. The number of amides is 2. The molecule has 2 aromatic rings. The van der Waals surface area contributed by atoms with Gasteiger partial charge < -0.3 is 15.4 Å². The number of benzene rings is 2. The van der Waals surface area contributed by atoms with E-state index in [1.807, 2.05) is 12.1 Å². The standard InChI is InChI=1S/C19H18N2O3/c22-18-11-24-17-9-8-13(10-16(17)20-18)19(23)21-15-7-3-5-12-4-1-2-6-14(12)15/h1-2,4,6,8-10,15H,3,5,7,11H2,(H,20,22)(H,21,23). The van der Waals surface area contributed by atoms with Gasteiger partial charge in [-0.25, -0.2) is 0 Å². The number of anilines is 1. The molecule has 1 aliphatic carbocycles. The smallest absolute Gasteiger partial charge is 0.262 e. The minimum absolute atomic E-state index is 0.0113. The summed E-state index contributed by atoms with van der Waals surface area (Å²) in [5.41, 5.74) is 3.57. The van der Waals surface area contributed by atoms with Crippen LogP contribution in [0, 0.1) is 0 Å². The highest BCUT2D eigenvalue weighted by atomic mass is 16.5. The Morgan fingerprint density at radius 2 is 2.08 bits per heavy atom. The maximum absolute atomic E-state index is 12.6. The minimum Gasteiger partial charge on any atom is -0.482 e. The molecule has 4 rings (SSSR count). The number of ether oxygens (including phenoxy) is 1. The van der Waals surface area contributed by atoms with Crippen LogP contribution in [0.3, 0.4) is 0 Å². The number of fused-ring (bicyclic) bond motifs is 2. The van der Waals surface area contributed by atoms with E-state index in [1.54, 1.807) is 18.2 Å². The van der Waals surface area contributed by atoms with Crippen LogP contribution in [0.4, 0.5) is 5.69 Å². The van der Waals surface area contributed by atoms with E-state index in [0.717, 1.165) is 19.3 Å². The zero-order valence-corrected chi connectivity index (χ0v) is 13.2. The molecule has 0 aromatic heterocycles. The molecule has 1 unspecified atom stereocenters. The average Bonchev–Trinajstić information content (AvgIpc) is 2.61. The Hall–Kier alpha value is -2.82. The minimum atomic E-state index is -0.207. The van der Waals surface area contributed by atoms with E-state index in [0.29, 0.717) is 17.0 Å². The molecular weight excluding hydrogens is 304 g/mol. The molecule has 5 nitrogen and oxygen atoms in total. The highest BCUT2D eigenvalue weighted by molar-refractivity contribution is 6.00. The summed E-state index contributed by atoms with van der Waals surface area (Å²) in [7, 11) is 0. The number of hydrogen-bond acceptors (Lipinski definition) is 3. The first-order valence-corrected chi connectivity index (χ1v) is 8.16. The largest absolute Gasteiger partial charge is 0.482 e. The molecule has 0 saturated heterocycles. The first kappa shape index (κ1) is 14.8. The summed E-state index contributed by atoms with van der Waals surface area (Å²) >= 11 is 0. The molecule has 1 aliphatic heterocycles. The number of nitrogens with one attached hydrogen (secondary N) is 2.